The highest BCUT2D eigenvalue weighted by molar-refractivity contribution is 5.75. The molecule has 1 aromatic heterocycles. The molecule has 29 heavy (non-hydrogen) atoms. The van der Waals surface area contributed by atoms with E-state index in [4.69, 9.17) is 0 Å². The summed E-state index contributed by atoms with van der Waals surface area (Å²) in [7, 11) is 0. The van der Waals surface area contributed by atoms with Crippen LogP contribution in [-0.2, 0) is 6.42 Å². The topological polar surface area (TPSA) is 79.2 Å². The monoisotopic (exact) mass is 396 g/mol. The van der Waals surface area contributed by atoms with Crippen LogP contribution in [0.15, 0.2) is 60.9 Å². The van der Waals surface area contributed by atoms with E-state index in [1.165, 1.54) is 16.3 Å². The van der Waals surface area contributed by atoms with Crippen molar-refractivity contribution >= 4 is 6.03 Å². The van der Waals surface area contributed by atoms with Crippen LogP contribution in [0.2, 0.25) is 0 Å². The van der Waals surface area contributed by atoms with Gasteiger partial charge in [0.2, 0.25) is 0 Å². The Morgan fingerprint density at radius 1 is 1.17 bits per heavy atom. The van der Waals surface area contributed by atoms with Crippen molar-refractivity contribution in [3.8, 4) is 5.69 Å². The fraction of sp³-hybridized carbons (Fsp3) is 0.273. The van der Waals surface area contributed by atoms with Crippen LogP contribution in [0.4, 0.5) is 9.18 Å². The van der Waals surface area contributed by atoms with Gasteiger partial charge < -0.3 is 15.7 Å². The van der Waals surface area contributed by atoms with E-state index in [1.54, 1.807) is 37.5 Å². The number of hydrogen-bond acceptors (Lipinski definition) is 3. The quantitative estimate of drug-likeness (QED) is 0.570. The fourth-order valence-electron chi connectivity index (χ4n) is 3.09. The average molecular weight is 396 g/mol. The standard InChI is InChI=1S/C22H25FN4O2/c1-3-16-5-7-17(8-6-16)20(14-28)26-22(29)25-15(2)18-9-10-21(19(23)13-18)27-12-4-11-24-27/h4-13,15,20,28H,3,14H2,1-2H3,(H2,25,26,29)/t15-,20?/m1/s1. The molecular weight excluding hydrogens is 371 g/mol. The lowest BCUT2D eigenvalue weighted by Gasteiger charge is -2.20. The van der Waals surface area contributed by atoms with Crippen LogP contribution in [0.5, 0.6) is 0 Å². The van der Waals surface area contributed by atoms with Gasteiger partial charge in [-0.2, -0.15) is 5.10 Å². The molecule has 3 aromatic rings. The molecule has 3 rings (SSSR count). The number of nitrogens with one attached hydrogen (secondary N) is 2. The summed E-state index contributed by atoms with van der Waals surface area (Å²) < 4.78 is 15.9. The zero-order valence-electron chi connectivity index (χ0n) is 16.5. The summed E-state index contributed by atoms with van der Waals surface area (Å²) in [5.41, 5.74) is 2.97. The third kappa shape index (κ3) is 5.00. The van der Waals surface area contributed by atoms with Gasteiger partial charge in [0.15, 0.2) is 0 Å². The first kappa shape index (κ1) is 20.5. The van der Waals surface area contributed by atoms with Crippen LogP contribution in [0.25, 0.3) is 5.69 Å². The number of nitrogens with zero attached hydrogens (tertiary/aromatic N) is 2. The Hall–Kier alpha value is -3.19. The number of carbonyl (C=O) groups excluding carboxylic acids is 1. The van der Waals surface area contributed by atoms with Crippen LogP contribution in [-0.4, -0.2) is 27.5 Å². The second kappa shape index (κ2) is 9.34. The molecule has 2 amide bonds. The van der Waals surface area contributed by atoms with E-state index in [1.807, 2.05) is 24.3 Å². The molecule has 0 fully saturated rings. The molecule has 2 aromatic carbocycles. The van der Waals surface area contributed by atoms with Gasteiger partial charge in [-0.1, -0.05) is 37.3 Å². The predicted octanol–water partition coefficient (Wildman–Crippen LogP) is 3.67. The van der Waals surface area contributed by atoms with Gasteiger partial charge in [0.25, 0.3) is 0 Å². The number of carbonyl (C=O) groups is 1. The molecule has 0 spiro atoms. The van der Waals surface area contributed by atoms with Crippen molar-refractivity contribution < 1.29 is 14.3 Å². The van der Waals surface area contributed by atoms with Crippen LogP contribution < -0.4 is 10.6 Å². The van der Waals surface area contributed by atoms with E-state index < -0.39 is 23.9 Å². The van der Waals surface area contributed by atoms with E-state index >= 15 is 0 Å². The van der Waals surface area contributed by atoms with Gasteiger partial charge in [-0.3, -0.25) is 0 Å². The molecule has 152 valence electrons. The minimum absolute atomic E-state index is 0.222. The molecule has 0 aliphatic heterocycles. The fourth-order valence-corrected chi connectivity index (χ4v) is 3.09. The van der Waals surface area contributed by atoms with Gasteiger partial charge in [0.1, 0.15) is 11.5 Å². The molecule has 7 heteroatoms. The lowest BCUT2D eigenvalue weighted by molar-refractivity contribution is 0.214. The lowest BCUT2D eigenvalue weighted by atomic mass is 10.0. The molecule has 2 atom stereocenters. The number of urea groups is 1. The van der Waals surface area contributed by atoms with Crippen molar-refractivity contribution in [2.24, 2.45) is 0 Å². The smallest absolute Gasteiger partial charge is 0.315 e. The third-order valence-electron chi connectivity index (χ3n) is 4.85. The van der Waals surface area contributed by atoms with Crippen LogP contribution in [0.1, 0.15) is 42.6 Å². The van der Waals surface area contributed by atoms with Crippen molar-refractivity contribution in [1.82, 2.24) is 20.4 Å². The SMILES string of the molecule is CCc1ccc(C(CO)NC(=O)N[C@H](C)c2ccc(-n3cccn3)c(F)c2)cc1. The summed E-state index contributed by atoms with van der Waals surface area (Å²) in [4.78, 5) is 12.4. The Kier molecular flexibility index (Phi) is 6.61. The van der Waals surface area contributed by atoms with Gasteiger partial charge in [-0.25, -0.2) is 13.9 Å². The molecule has 0 aliphatic carbocycles. The average Bonchev–Trinajstić information content (AvgIpc) is 3.26. The highest BCUT2D eigenvalue weighted by atomic mass is 19.1. The maximum atomic E-state index is 14.4. The first-order chi connectivity index (χ1) is 14.0. The van der Waals surface area contributed by atoms with E-state index in [0.717, 1.165) is 12.0 Å². The highest BCUT2D eigenvalue weighted by Crippen LogP contribution is 2.20. The molecule has 1 heterocycles. The minimum Gasteiger partial charge on any atom is -0.394 e. The van der Waals surface area contributed by atoms with Gasteiger partial charge in [-0.15, -0.1) is 0 Å². The summed E-state index contributed by atoms with van der Waals surface area (Å²) >= 11 is 0. The van der Waals surface area contributed by atoms with Crippen molar-refractivity contribution in [1.29, 1.82) is 0 Å². The zero-order chi connectivity index (χ0) is 20.8. The molecule has 0 saturated heterocycles. The van der Waals surface area contributed by atoms with Crippen molar-refractivity contribution in [2.45, 2.75) is 32.4 Å². The minimum atomic E-state index is -0.521. The number of hydrogen-bond donors (Lipinski definition) is 3. The second-order valence-electron chi connectivity index (χ2n) is 6.83. The highest BCUT2D eigenvalue weighted by Gasteiger charge is 2.17. The van der Waals surface area contributed by atoms with Crippen LogP contribution in [0.3, 0.4) is 0 Å². The number of amides is 2. The maximum absolute atomic E-state index is 14.4. The van der Waals surface area contributed by atoms with Crippen molar-refractivity contribution in [3.05, 3.63) is 83.4 Å². The molecule has 3 N–H and O–H groups in total. The summed E-state index contributed by atoms with van der Waals surface area (Å²) in [6.07, 6.45) is 4.16. The first-order valence-corrected chi connectivity index (χ1v) is 9.58. The van der Waals surface area contributed by atoms with Gasteiger partial charge in [0, 0.05) is 12.4 Å². The number of aliphatic hydroxyl groups excluding tert-OH is 1. The van der Waals surface area contributed by atoms with E-state index in [0.29, 0.717) is 11.3 Å². The number of halogens is 1. The number of aromatic nitrogens is 2. The molecule has 0 aliphatic rings. The Labute approximate surface area is 169 Å². The van der Waals surface area contributed by atoms with E-state index in [-0.39, 0.29) is 6.61 Å². The number of rotatable bonds is 7. The summed E-state index contributed by atoms with van der Waals surface area (Å²) in [5.74, 6) is -0.426. The first-order valence-electron chi connectivity index (χ1n) is 9.58. The third-order valence-corrected chi connectivity index (χ3v) is 4.85. The lowest BCUT2D eigenvalue weighted by Crippen LogP contribution is -2.40. The normalized spacial score (nSPS) is 13.0. The van der Waals surface area contributed by atoms with Crippen molar-refractivity contribution in [2.75, 3.05) is 6.61 Å². The Morgan fingerprint density at radius 2 is 1.90 bits per heavy atom. The Balaban J connectivity index is 1.64. The molecule has 0 saturated carbocycles. The number of benzene rings is 2. The molecular formula is C22H25FN4O2. The Morgan fingerprint density at radius 3 is 2.48 bits per heavy atom. The van der Waals surface area contributed by atoms with E-state index in [9.17, 15) is 14.3 Å². The van der Waals surface area contributed by atoms with Gasteiger partial charge >= 0.3 is 6.03 Å². The predicted molar refractivity (Wildman–Crippen MR) is 109 cm³/mol. The van der Waals surface area contributed by atoms with Crippen molar-refractivity contribution in [3.63, 3.8) is 0 Å². The summed E-state index contributed by atoms with van der Waals surface area (Å²) in [6.45, 7) is 3.61. The van der Waals surface area contributed by atoms with Crippen LogP contribution in [0, 0.1) is 5.82 Å². The second-order valence-corrected chi connectivity index (χ2v) is 6.83. The molecule has 1 unspecified atom stereocenters. The summed E-state index contributed by atoms with van der Waals surface area (Å²) in [5, 5.41) is 19.2. The summed E-state index contributed by atoms with van der Waals surface area (Å²) in [6, 6.07) is 12.8. The zero-order valence-corrected chi connectivity index (χ0v) is 16.5. The number of aryl methyl sites for hydroxylation is 1. The van der Waals surface area contributed by atoms with Gasteiger partial charge in [-0.05, 0) is 48.2 Å². The maximum Gasteiger partial charge on any atom is 0.315 e. The molecule has 6 nitrogen and oxygen atoms in total. The molecule has 0 radical (unpaired) electrons. The van der Waals surface area contributed by atoms with Gasteiger partial charge in [0.05, 0.1) is 18.7 Å². The van der Waals surface area contributed by atoms with Crippen LogP contribution >= 0.6 is 0 Å². The molecule has 0 bridgehead atoms. The number of aliphatic hydroxyl groups is 1. The Bertz CT molecular complexity index is 942. The largest absolute Gasteiger partial charge is 0.394 e. The van der Waals surface area contributed by atoms with E-state index in [2.05, 4.69) is 22.7 Å².